The van der Waals surface area contributed by atoms with Crippen molar-refractivity contribution in [2.24, 2.45) is 0 Å². The van der Waals surface area contributed by atoms with Crippen LogP contribution < -0.4 is 10.1 Å². The number of morpholine rings is 1. The number of fused-ring (bicyclic) bond motifs is 2. The van der Waals surface area contributed by atoms with Crippen LogP contribution >= 0.6 is 0 Å². The van der Waals surface area contributed by atoms with Crippen LogP contribution in [0.5, 0.6) is 5.75 Å². The number of amides is 1. The van der Waals surface area contributed by atoms with Crippen LogP contribution in [0.3, 0.4) is 0 Å². The molecule has 6 heteroatoms. The monoisotopic (exact) mass is 446 g/mol. The fraction of sp³-hybridized carbons (Fsp3) is 0.296. The smallest absolute Gasteiger partial charge is 0.256 e. The van der Waals surface area contributed by atoms with Crippen molar-refractivity contribution in [3.8, 4) is 16.9 Å². The van der Waals surface area contributed by atoms with Crippen LogP contribution in [-0.4, -0.2) is 50.3 Å². The Hall–Kier alpha value is -3.22. The highest BCUT2D eigenvalue weighted by atomic mass is 19.1. The molecule has 4 aliphatic rings. The zero-order chi connectivity index (χ0) is 22.8. The van der Waals surface area contributed by atoms with Gasteiger partial charge in [0.2, 0.25) is 0 Å². The summed E-state index contributed by atoms with van der Waals surface area (Å²) < 4.78 is 25.5. The third kappa shape index (κ3) is 4.49. The highest BCUT2D eigenvalue weighted by molar-refractivity contribution is 6.35. The van der Waals surface area contributed by atoms with Crippen molar-refractivity contribution in [3.63, 3.8) is 0 Å². The van der Waals surface area contributed by atoms with Gasteiger partial charge < -0.3 is 14.8 Å². The van der Waals surface area contributed by atoms with Gasteiger partial charge in [-0.15, -0.1) is 0 Å². The van der Waals surface area contributed by atoms with Crippen LogP contribution in [0, 0.1) is 12.7 Å². The van der Waals surface area contributed by atoms with Crippen molar-refractivity contribution < 1.29 is 18.7 Å². The van der Waals surface area contributed by atoms with E-state index in [0.29, 0.717) is 23.4 Å². The van der Waals surface area contributed by atoms with Crippen LogP contribution in [0.1, 0.15) is 23.1 Å². The van der Waals surface area contributed by atoms with Crippen molar-refractivity contribution in [2.75, 3.05) is 44.8 Å². The molecule has 0 atom stereocenters. The molecule has 170 valence electrons. The quantitative estimate of drug-likeness (QED) is 0.435. The lowest BCUT2D eigenvalue weighted by molar-refractivity contribution is -0.110. The van der Waals surface area contributed by atoms with Crippen molar-refractivity contribution in [3.05, 3.63) is 71.0 Å². The third-order valence-electron chi connectivity index (χ3n) is 6.26. The van der Waals surface area contributed by atoms with Gasteiger partial charge in [-0.05, 0) is 60.4 Å². The molecule has 1 saturated heterocycles. The lowest BCUT2D eigenvalue weighted by atomic mass is 10.0. The molecule has 1 N–H and O–H groups in total. The second-order valence-corrected chi connectivity index (χ2v) is 8.51. The average molecular weight is 447 g/mol. The van der Waals surface area contributed by atoms with Crippen molar-refractivity contribution in [1.29, 1.82) is 0 Å². The number of hydrogen-bond donors (Lipinski definition) is 1. The largest absolute Gasteiger partial charge is 0.493 e. The van der Waals surface area contributed by atoms with Gasteiger partial charge >= 0.3 is 0 Å². The normalized spacial score (nSPS) is 17.4. The van der Waals surface area contributed by atoms with Crippen molar-refractivity contribution in [1.82, 2.24) is 4.90 Å². The molecule has 33 heavy (non-hydrogen) atoms. The van der Waals surface area contributed by atoms with E-state index in [1.807, 2.05) is 37.3 Å². The van der Waals surface area contributed by atoms with Crippen LogP contribution in [0.2, 0.25) is 0 Å². The summed E-state index contributed by atoms with van der Waals surface area (Å²) in [5.74, 6) is 0.253. The van der Waals surface area contributed by atoms with E-state index < -0.39 is 0 Å². The minimum absolute atomic E-state index is 0.220. The Labute approximate surface area is 193 Å². The Kier molecular flexibility index (Phi) is 6.11. The summed E-state index contributed by atoms with van der Waals surface area (Å²) in [6, 6.07) is 14.4. The van der Waals surface area contributed by atoms with Crippen LogP contribution in [0.25, 0.3) is 22.8 Å². The fourth-order valence-electron chi connectivity index (χ4n) is 4.62. The third-order valence-corrected chi connectivity index (χ3v) is 6.26. The molecule has 0 aromatic heterocycles. The van der Waals surface area contributed by atoms with Crippen molar-refractivity contribution in [2.45, 2.75) is 13.3 Å². The van der Waals surface area contributed by atoms with E-state index >= 15 is 0 Å². The molecule has 0 bridgehead atoms. The van der Waals surface area contributed by atoms with E-state index in [1.165, 1.54) is 12.1 Å². The summed E-state index contributed by atoms with van der Waals surface area (Å²) in [6.07, 6.45) is 2.79. The predicted octanol–water partition coefficient (Wildman–Crippen LogP) is 4.83. The molecule has 0 unspecified atom stereocenters. The number of benzene rings is 1. The number of ether oxygens (including phenoxy) is 2. The number of hydrogen-bond acceptors (Lipinski definition) is 4. The van der Waals surface area contributed by atoms with Crippen LogP contribution in [0.15, 0.2) is 48.5 Å². The molecule has 1 amide bonds. The summed E-state index contributed by atoms with van der Waals surface area (Å²) in [5, 5.41) is 2.82. The van der Waals surface area contributed by atoms with E-state index in [1.54, 1.807) is 6.07 Å². The van der Waals surface area contributed by atoms with Gasteiger partial charge in [-0.2, -0.15) is 0 Å². The van der Waals surface area contributed by atoms with Gasteiger partial charge in [0.25, 0.3) is 5.91 Å². The first kappa shape index (κ1) is 21.6. The van der Waals surface area contributed by atoms with Gasteiger partial charge in [0.1, 0.15) is 11.6 Å². The zero-order valence-electron chi connectivity index (χ0n) is 18.7. The van der Waals surface area contributed by atoms with Gasteiger partial charge in [0.15, 0.2) is 0 Å². The van der Waals surface area contributed by atoms with Gasteiger partial charge in [-0.1, -0.05) is 24.3 Å². The first-order chi connectivity index (χ1) is 16.1. The van der Waals surface area contributed by atoms with Crippen LogP contribution in [0.4, 0.5) is 10.1 Å². The maximum atomic E-state index is 13.8. The molecule has 1 fully saturated rings. The number of nitrogens with zero attached hydrogens (tertiary/aromatic N) is 1. The molecule has 0 radical (unpaired) electrons. The minimum Gasteiger partial charge on any atom is -0.493 e. The average Bonchev–Trinajstić information content (AvgIpc) is 3.18. The standard InChI is InChI=1S/C27H27FN2O3/c1-18-15-19(16-23-22-17-20(28)7-8-24(22)29-27(23)31)21-5-2-3-6-25(26(18)21)33-12-4-9-30-10-13-32-14-11-30/h2-3,5-8,15-17H,4,9-14H2,1H3,(H,29,31). The molecular weight excluding hydrogens is 419 g/mol. The Balaban J connectivity index is 1.38. The maximum absolute atomic E-state index is 13.8. The van der Waals surface area contributed by atoms with E-state index in [4.69, 9.17) is 9.47 Å². The molecule has 2 heterocycles. The molecule has 0 spiro atoms. The van der Waals surface area contributed by atoms with Crippen LogP contribution in [-0.2, 0) is 9.53 Å². The summed E-state index contributed by atoms with van der Waals surface area (Å²) in [5.41, 5.74) is 5.73. The fourth-order valence-corrected chi connectivity index (χ4v) is 4.62. The lowest BCUT2D eigenvalue weighted by Crippen LogP contribution is -2.37. The Morgan fingerprint density at radius 3 is 2.79 bits per heavy atom. The minimum atomic E-state index is -0.362. The lowest BCUT2D eigenvalue weighted by Gasteiger charge is -2.26. The molecule has 2 aliphatic heterocycles. The first-order valence-corrected chi connectivity index (χ1v) is 11.4. The van der Waals surface area contributed by atoms with Gasteiger partial charge in [-0.3, -0.25) is 9.69 Å². The van der Waals surface area contributed by atoms with Gasteiger partial charge in [0.05, 0.1) is 19.8 Å². The number of aryl methyl sites for hydroxylation is 1. The zero-order valence-corrected chi connectivity index (χ0v) is 18.7. The van der Waals surface area contributed by atoms with Gasteiger partial charge in [0, 0.05) is 42.0 Å². The number of carbonyl (C=O) groups is 1. The maximum Gasteiger partial charge on any atom is 0.256 e. The van der Waals surface area contributed by atoms with Gasteiger partial charge in [-0.25, -0.2) is 4.39 Å². The summed E-state index contributed by atoms with van der Waals surface area (Å²) in [7, 11) is 0. The van der Waals surface area contributed by atoms with E-state index in [9.17, 15) is 9.18 Å². The molecule has 2 aliphatic carbocycles. The summed E-state index contributed by atoms with van der Waals surface area (Å²) >= 11 is 0. The molecule has 5 rings (SSSR count). The Morgan fingerprint density at radius 2 is 1.94 bits per heavy atom. The molecule has 0 saturated carbocycles. The van der Waals surface area contributed by atoms with Crippen molar-refractivity contribution >= 4 is 23.2 Å². The number of rotatable bonds is 6. The number of nitrogens with one attached hydrogen (secondary N) is 1. The SMILES string of the molecule is Cc1cc(C=C2C(=O)Nc3ccc(F)cc32)c2ccccc(OCCCN3CCOCC3)c1-2. The first-order valence-electron chi connectivity index (χ1n) is 11.4. The molecule has 5 nitrogen and oxygen atoms in total. The predicted molar refractivity (Wildman–Crippen MR) is 128 cm³/mol. The second-order valence-electron chi connectivity index (χ2n) is 8.51. The summed E-state index contributed by atoms with van der Waals surface area (Å²) in [6.45, 7) is 7.23. The highest BCUT2D eigenvalue weighted by Crippen LogP contribution is 2.41. The Morgan fingerprint density at radius 1 is 1.12 bits per heavy atom. The summed E-state index contributed by atoms with van der Waals surface area (Å²) in [4.78, 5) is 15.0. The second kappa shape index (κ2) is 9.33. The number of carbonyl (C=O) groups excluding carboxylic acids is 1. The highest BCUT2D eigenvalue weighted by Gasteiger charge is 2.26. The Bertz CT molecular complexity index is 1180. The molecular formula is C27H27FN2O3. The van der Waals surface area contributed by atoms with E-state index in [0.717, 1.165) is 67.3 Å². The topological polar surface area (TPSA) is 50.8 Å². The molecule has 1 aromatic rings. The number of halogens is 1. The van der Waals surface area contributed by atoms with E-state index in [-0.39, 0.29) is 11.7 Å². The number of anilines is 1. The van der Waals surface area contributed by atoms with E-state index in [2.05, 4.69) is 16.3 Å². The molecule has 1 aromatic carbocycles.